The smallest absolute Gasteiger partial charge is 0.239 e. The molecule has 7 nitrogen and oxygen atoms in total. The molecule has 0 atom stereocenters. The van der Waals surface area contributed by atoms with E-state index in [2.05, 4.69) is 5.32 Å². The maximum absolute atomic E-state index is 12.5. The van der Waals surface area contributed by atoms with Crippen LogP contribution in [0.25, 0.3) is 0 Å². The molecule has 0 aliphatic rings. The molecule has 2 rings (SSSR count). The second kappa shape index (κ2) is 9.07. The van der Waals surface area contributed by atoms with E-state index in [-0.39, 0.29) is 13.1 Å². The highest BCUT2D eigenvalue weighted by molar-refractivity contribution is 7.88. The molecule has 0 saturated heterocycles. The maximum Gasteiger partial charge on any atom is 0.239 e. The van der Waals surface area contributed by atoms with Gasteiger partial charge in [-0.05, 0) is 23.8 Å². The molecule has 0 spiro atoms. The van der Waals surface area contributed by atoms with Crippen LogP contribution in [0.1, 0.15) is 5.56 Å². The first kappa shape index (κ1) is 21.0. The van der Waals surface area contributed by atoms with E-state index < -0.39 is 15.9 Å². The fraction of sp³-hybridized carbons (Fsp3) is 0.278. The van der Waals surface area contributed by atoms with Crippen LogP contribution in [0.4, 0.5) is 5.69 Å². The first-order valence-corrected chi connectivity index (χ1v) is 10.2. The van der Waals surface area contributed by atoms with E-state index >= 15 is 0 Å². The molecular weight excluding hydrogens is 392 g/mol. The van der Waals surface area contributed by atoms with E-state index in [1.165, 1.54) is 14.2 Å². The van der Waals surface area contributed by atoms with Gasteiger partial charge in [-0.1, -0.05) is 29.8 Å². The van der Waals surface area contributed by atoms with Gasteiger partial charge in [0.15, 0.2) is 0 Å². The molecule has 2 aromatic carbocycles. The van der Waals surface area contributed by atoms with Crippen molar-refractivity contribution in [2.45, 2.75) is 6.54 Å². The average Bonchev–Trinajstić information content (AvgIpc) is 2.62. The lowest BCUT2D eigenvalue weighted by Gasteiger charge is -2.20. The summed E-state index contributed by atoms with van der Waals surface area (Å²) in [7, 11) is -0.666. The molecular formula is C18H21ClN2O5S. The Balaban J connectivity index is 2.19. The monoisotopic (exact) mass is 412 g/mol. The highest BCUT2D eigenvalue weighted by atomic mass is 35.5. The molecule has 0 heterocycles. The van der Waals surface area contributed by atoms with Gasteiger partial charge in [0, 0.05) is 17.6 Å². The third kappa shape index (κ3) is 5.85. The van der Waals surface area contributed by atoms with E-state index in [9.17, 15) is 13.2 Å². The van der Waals surface area contributed by atoms with Crippen molar-refractivity contribution in [3.63, 3.8) is 0 Å². The summed E-state index contributed by atoms with van der Waals surface area (Å²) >= 11 is 6.11. The zero-order valence-corrected chi connectivity index (χ0v) is 16.8. The molecule has 0 saturated carbocycles. The van der Waals surface area contributed by atoms with Gasteiger partial charge in [0.2, 0.25) is 15.9 Å². The fourth-order valence-electron chi connectivity index (χ4n) is 2.37. The van der Waals surface area contributed by atoms with Crippen LogP contribution in [0.15, 0.2) is 42.5 Å². The second-order valence-corrected chi connectivity index (χ2v) is 8.13. The van der Waals surface area contributed by atoms with Crippen LogP contribution < -0.4 is 14.8 Å². The summed E-state index contributed by atoms with van der Waals surface area (Å²) in [5.74, 6) is 0.447. The largest absolute Gasteiger partial charge is 0.497 e. The van der Waals surface area contributed by atoms with Crippen molar-refractivity contribution in [3.05, 3.63) is 53.1 Å². The lowest BCUT2D eigenvalue weighted by molar-refractivity contribution is -0.116. The van der Waals surface area contributed by atoms with E-state index in [1.807, 2.05) is 0 Å². The minimum Gasteiger partial charge on any atom is -0.497 e. The molecule has 0 fully saturated rings. The SMILES string of the molecule is COc1ccc(OC)c(NC(=O)CN(Cc2ccccc2Cl)S(C)(=O)=O)c1. The third-order valence-electron chi connectivity index (χ3n) is 3.77. The second-order valence-electron chi connectivity index (χ2n) is 5.74. The lowest BCUT2D eigenvalue weighted by Crippen LogP contribution is -2.37. The number of nitrogens with one attached hydrogen (secondary N) is 1. The van der Waals surface area contributed by atoms with Crippen molar-refractivity contribution in [1.82, 2.24) is 4.31 Å². The number of benzene rings is 2. The summed E-state index contributed by atoms with van der Waals surface area (Å²) in [4.78, 5) is 12.5. The number of ether oxygens (including phenoxy) is 2. The summed E-state index contributed by atoms with van der Waals surface area (Å²) < 4.78 is 35.6. The average molecular weight is 413 g/mol. The fourth-order valence-corrected chi connectivity index (χ4v) is 3.29. The number of rotatable bonds is 8. The summed E-state index contributed by atoms with van der Waals surface area (Å²) in [6, 6.07) is 11.8. The molecule has 27 heavy (non-hydrogen) atoms. The Hall–Kier alpha value is -2.29. The molecule has 146 valence electrons. The molecule has 0 unspecified atom stereocenters. The quantitative estimate of drug-likeness (QED) is 0.720. The molecule has 0 radical (unpaired) electrons. The Kier molecular flexibility index (Phi) is 7.06. The van der Waals surface area contributed by atoms with Crippen molar-refractivity contribution in [1.29, 1.82) is 0 Å². The van der Waals surface area contributed by atoms with Gasteiger partial charge in [-0.15, -0.1) is 0 Å². The number of sulfonamides is 1. The van der Waals surface area contributed by atoms with E-state index in [0.29, 0.717) is 27.8 Å². The molecule has 2 aromatic rings. The maximum atomic E-state index is 12.5. The number of methoxy groups -OCH3 is 2. The molecule has 0 aliphatic heterocycles. The van der Waals surface area contributed by atoms with Gasteiger partial charge in [-0.25, -0.2) is 8.42 Å². The molecule has 0 aromatic heterocycles. The Morgan fingerprint density at radius 3 is 2.44 bits per heavy atom. The van der Waals surface area contributed by atoms with Gasteiger partial charge >= 0.3 is 0 Å². The van der Waals surface area contributed by atoms with Crippen LogP contribution in [0.5, 0.6) is 11.5 Å². The van der Waals surface area contributed by atoms with Crippen molar-refractivity contribution in [2.75, 3.05) is 32.3 Å². The number of hydrogen-bond acceptors (Lipinski definition) is 5. The van der Waals surface area contributed by atoms with Crippen LogP contribution in [-0.2, 0) is 21.4 Å². The Bertz CT molecular complexity index is 918. The Morgan fingerprint density at radius 2 is 1.85 bits per heavy atom. The predicted molar refractivity (Wildman–Crippen MR) is 105 cm³/mol. The Labute approximate surface area is 163 Å². The van der Waals surface area contributed by atoms with Gasteiger partial charge < -0.3 is 14.8 Å². The number of nitrogens with zero attached hydrogens (tertiary/aromatic N) is 1. The van der Waals surface area contributed by atoms with Gasteiger partial charge in [0.25, 0.3) is 0 Å². The van der Waals surface area contributed by atoms with Crippen LogP contribution >= 0.6 is 11.6 Å². The van der Waals surface area contributed by atoms with Gasteiger partial charge in [0.05, 0.1) is 32.7 Å². The number of carbonyl (C=O) groups excluding carboxylic acids is 1. The van der Waals surface area contributed by atoms with Crippen molar-refractivity contribution >= 4 is 33.2 Å². The summed E-state index contributed by atoms with van der Waals surface area (Å²) in [6.07, 6.45) is 1.04. The van der Waals surface area contributed by atoms with E-state index in [4.69, 9.17) is 21.1 Å². The molecule has 0 bridgehead atoms. The number of carbonyl (C=O) groups is 1. The Morgan fingerprint density at radius 1 is 1.15 bits per heavy atom. The highest BCUT2D eigenvalue weighted by Crippen LogP contribution is 2.29. The van der Waals surface area contributed by atoms with E-state index in [0.717, 1.165) is 10.6 Å². The zero-order valence-electron chi connectivity index (χ0n) is 15.2. The van der Waals surface area contributed by atoms with Gasteiger partial charge in [-0.3, -0.25) is 4.79 Å². The summed E-state index contributed by atoms with van der Waals surface area (Å²) in [5.41, 5.74) is 0.990. The number of anilines is 1. The van der Waals surface area contributed by atoms with Gasteiger partial charge in [0.1, 0.15) is 11.5 Å². The molecule has 9 heteroatoms. The van der Waals surface area contributed by atoms with Gasteiger partial charge in [-0.2, -0.15) is 4.31 Å². The standard InChI is InChI=1S/C18H21ClN2O5S/c1-25-14-8-9-17(26-2)16(10-14)20-18(22)12-21(27(3,23)24)11-13-6-4-5-7-15(13)19/h4-10H,11-12H2,1-3H3,(H,20,22). The summed E-state index contributed by atoms with van der Waals surface area (Å²) in [5, 5.41) is 3.09. The first-order valence-electron chi connectivity index (χ1n) is 7.95. The third-order valence-corrected chi connectivity index (χ3v) is 5.34. The minimum atomic E-state index is -3.64. The van der Waals surface area contributed by atoms with Crippen LogP contribution in [0, 0.1) is 0 Å². The number of hydrogen-bond donors (Lipinski definition) is 1. The zero-order chi connectivity index (χ0) is 20.0. The number of amides is 1. The summed E-state index contributed by atoms with van der Waals surface area (Å²) in [6.45, 7) is -0.383. The lowest BCUT2D eigenvalue weighted by atomic mass is 10.2. The molecule has 1 amide bonds. The van der Waals surface area contributed by atoms with Crippen LogP contribution in [0.2, 0.25) is 5.02 Å². The topological polar surface area (TPSA) is 84.9 Å². The molecule has 0 aliphatic carbocycles. The van der Waals surface area contributed by atoms with Crippen molar-refractivity contribution in [2.24, 2.45) is 0 Å². The number of halogens is 1. The minimum absolute atomic E-state index is 0.0127. The van der Waals surface area contributed by atoms with Crippen LogP contribution in [0.3, 0.4) is 0 Å². The first-order chi connectivity index (χ1) is 12.7. The highest BCUT2D eigenvalue weighted by Gasteiger charge is 2.22. The normalized spacial score (nSPS) is 11.3. The predicted octanol–water partition coefficient (Wildman–Crippen LogP) is 2.76. The molecule has 1 N–H and O–H groups in total. The van der Waals surface area contributed by atoms with Crippen molar-refractivity contribution < 1.29 is 22.7 Å². The van der Waals surface area contributed by atoms with Crippen molar-refractivity contribution in [3.8, 4) is 11.5 Å². The van der Waals surface area contributed by atoms with E-state index in [1.54, 1.807) is 42.5 Å². The van der Waals surface area contributed by atoms with Crippen LogP contribution in [-0.4, -0.2) is 45.7 Å².